The van der Waals surface area contributed by atoms with E-state index in [-0.39, 0.29) is 12.1 Å². The molecule has 0 saturated heterocycles. The minimum Gasteiger partial charge on any atom is -0.338 e. The number of hydrogen-bond acceptors (Lipinski definition) is 3. The molecular weight excluding hydrogens is 324 g/mol. The highest BCUT2D eigenvalue weighted by Crippen LogP contribution is 2.25. The number of urea groups is 1. The number of rotatable bonds is 6. The van der Waals surface area contributed by atoms with Gasteiger partial charge in [-0.2, -0.15) is 0 Å². The average Bonchev–Trinajstić information content (AvgIpc) is 3.17. The van der Waals surface area contributed by atoms with Crippen molar-refractivity contribution < 1.29 is 4.79 Å². The van der Waals surface area contributed by atoms with Gasteiger partial charge in [0.2, 0.25) is 0 Å². The van der Waals surface area contributed by atoms with Crippen LogP contribution in [0.1, 0.15) is 17.4 Å². The number of carbonyl (C=O) groups is 1. The molecule has 0 aliphatic rings. The topological polar surface area (TPSA) is 41.1 Å². The Labute approximate surface area is 144 Å². The fourth-order valence-electron chi connectivity index (χ4n) is 2.59. The van der Waals surface area contributed by atoms with Gasteiger partial charge in [-0.05, 0) is 47.2 Å². The summed E-state index contributed by atoms with van der Waals surface area (Å²) in [7, 11) is 0. The number of thiophene rings is 2. The van der Waals surface area contributed by atoms with E-state index in [0.717, 1.165) is 12.8 Å². The molecule has 2 heterocycles. The van der Waals surface area contributed by atoms with Gasteiger partial charge in [-0.1, -0.05) is 24.3 Å². The summed E-state index contributed by atoms with van der Waals surface area (Å²) in [6, 6.07) is 12.6. The Morgan fingerprint density at radius 3 is 2.87 bits per heavy atom. The number of benzene rings is 1. The van der Waals surface area contributed by atoms with Crippen LogP contribution in [0.2, 0.25) is 0 Å². The van der Waals surface area contributed by atoms with Crippen molar-refractivity contribution >= 4 is 38.8 Å². The van der Waals surface area contributed by atoms with Gasteiger partial charge in [0.25, 0.3) is 0 Å². The van der Waals surface area contributed by atoms with E-state index in [1.165, 1.54) is 20.5 Å². The maximum atomic E-state index is 12.0. The summed E-state index contributed by atoms with van der Waals surface area (Å²) in [6.45, 7) is 2.68. The summed E-state index contributed by atoms with van der Waals surface area (Å²) in [4.78, 5) is 13.3. The summed E-state index contributed by atoms with van der Waals surface area (Å²) < 4.78 is 1.30. The molecule has 1 aromatic carbocycles. The first-order chi connectivity index (χ1) is 11.2. The number of amides is 2. The van der Waals surface area contributed by atoms with Crippen LogP contribution in [0.5, 0.6) is 0 Å². The first-order valence-corrected chi connectivity index (χ1v) is 9.50. The molecule has 3 aromatic rings. The lowest BCUT2D eigenvalue weighted by Crippen LogP contribution is -2.42. The van der Waals surface area contributed by atoms with Crippen LogP contribution < -0.4 is 10.6 Å². The van der Waals surface area contributed by atoms with Crippen LogP contribution in [-0.2, 0) is 12.8 Å². The van der Waals surface area contributed by atoms with E-state index in [4.69, 9.17) is 0 Å². The van der Waals surface area contributed by atoms with E-state index in [1.54, 1.807) is 22.7 Å². The molecule has 0 saturated carbocycles. The Kier molecular flexibility index (Phi) is 5.31. The first kappa shape index (κ1) is 16.0. The van der Waals surface area contributed by atoms with E-state index in [2.05, 4.69) is 51.7 Å². The molecule has 0 bridgehead atoms. The zero-order valence-corrected chi connectivity index (χ0v) is 14.7. The van der Waals surface area contributed by atoms with E-state index < -0.39 is 0 Å². The number of nitrogens with one attached hydrogen (secondary N) is 2. The third kappa shape index (κ3) is 4.33. The predicted octanol–water partition coefficient (Wildman–Crippen LogP) is 4.44. The standard InChI is InChI=1S/C18H20N2OS2/c1-13(11-15-5-4-10-22-15)20-18(21)19-9-8-14-12-23-17-7-3-2-6-16(14)17/h2-7,10,12-13H,8-9,11H2,1H3,(H2,19,20,21). The molecule has 0 aliphatic heterocycles. The van der Waals surface area contributed by atoms with Crippen LogP contribution in [0, 0.1) is 0 Å². The molecule has 0 radical (unpaired) electrons. The van der Waals surface area contributed by atoms with Gasteiger partial charge in [-0.3, -0.25) is 0 Å². The van der Waals surface area contributed by atoms with Gasteiger partial charge < -0.3 is 10.6 Å². The van der Waals surface area contributed by atoms with Crippen LogP contribution in [0.4, 0.5) is 4.79 Å². The second kappa shape index (κ2) is 7.62. The van der Waals surface area contributed by atoms with Crippen molar-refractivity contribution in [3.63, 3.8) is 0 Å². The van der Waals surface area contributed by atoms with Crippen LogP contribution in [-0.4, -0.2) is 18.6 Å². The first-order valence-electron chi connectivity index (χ1n) is 7.74. The van der Waals surface area contributed by atoms with Gasteiger partial charge in [0.15, 0.2) is 0 Å². The quantitative estimate of drug-likeness (QED) is 0.682. The number of carbonyl (C=O) groups excluding carboxylic acids is 1. The van der Waals surface area contributed by atoms with E-state index in [9.17, 15) is 4.79 Å². The maximum Gasteiger partial charge on any atom is 0.315 e. The fourth-order valence-corrected chi connectivity index (χ4v) is 4.43. The minimum absolute atomic E-state index is 0.0893. The Hall–Kier alpha value is -1.85. The number of fused-ring (bicyclic) bond motifs is 1. The van der Waals surface area contributed by atoms with Crippen LogP contribution in [0.3, 0.4) is 0 Å². The Morgan fingerprint density at radius 2 is 2.04 bits per heavy atom. The van der Waals surface area contributed by atoms with Gasteiger partial charge in [-0.25, -0.2) is 4.79 Å². The van der Waals surface area contributed by atoms with Crippen LogP contribution in [0.25, 0.3) is 10.1 Å². The molecule has 1 unspecified atom stereocenters. The number of hydrogen-bond donors (Lipinski definition) is 2. The molecular formula is C18H20N2OS2. The fraction of sp³-hybridized carbons (Fsp3) is 0.278. The molecule has 120 valence electrons. The summed E-state index contributed by atoms with van der Waals surface area (Å²) in [5, 5.41) is 11.5. The molecule has 2 aromatic heterocycles. The molecule has 1 atom stereocenters. The summed E-state index contributed by atoms with van der Waals surface area (Å²) in [6.07, 6.45) is 1.73. The lowest BCUT2D eigenvalue weighted by atomic mass is 10.1. The highest BCUT2D eigenvalue weighted by molar-refractivity contribution is 7.17. The van der Waals surface area contributed by atoms with E-state index in [1.807, 2.05) is 13.0 Å². The monoisotopic (exact) mass is 344 g/mol. The van der Waals surface area contributed by atoms with Crippen LogP contribution in [0.15, 0.2) is 47.2 Å². The Balaban J connectivity index is 1.44. The molecule has 2 amide bonds. The highest BCUT2D eigenvalue weighted by atomic mass is 32.1. The third-order valence-electron chi connectivity index (χ3n) is 3.71. The van der Waals surface area contributed by atoms with Crippen molar-refractivity contribution in [2.45, 2.75) is 25.8 Å². The summed E-state index contributed by atoms with van der Waals surface area (Å²) in [5.74, 6) is 0. The van der Waals surface area contributed by atoms with Gasteiger partial charge >= 0.3 is 6.03 Å². The van der Waals surface area contributed by atoms with E-state index in [0.29, 0.717) is 6.54 Å². The largest absolute Gasteiger partial charge is 0.338 e. The average molecular weight is 345 g/mol. The second-order valence-electron chi connectivity index (χ2n) is 5.59. The molecule has 5 heteroatoms. The predicted molar refractivity (Wildman–Crippen MR) is 99.5 cm³/mol. The molecule has 3 nitrogen and oxygen atoms in total. The normalized spacial score (nSPS) is 12.2. The second-order valence-corrected chi connectivity index (χ2v) is 7.54. The Morgan fingerprint density at radius 1 is 1.17 bits per heavy atom. The van der Waals surface area contributed by atoms with Crippen LogP contribution >= 0.6 is 22.7 Å². The summed E-state index contributed by atoms with van der Waals surface area (Å²) in [5.41, 5.74) is 1.30. The van der Waals surface area contributed by atoms with E-state index >= 15 is 0 Å². The molecule has 0 fully saturated rings. The lowest BCUT2D eigenvalue weighted by molar-refractivity contribution is 0.238. The molecule has 3 rings (SSSR count). The van der Waals surface area contributed by atoms with Crippen molar-refractivity contribution in [3.8, 4) is 0 Å². The molecule has 0 aliphatic carbocycles. The van der Waals surface area contributed by atoms with Crippen molar-refractivity contribution in [1.82, 2.24) is 10.6 Å². The third-order valence-corrected chi connectivity index (χ3v) is 5.62. The zero-order chi connectivity index (χ0) is 16.1. The van der Waals surface area contributed by atoms with Gasteiger partial charge in [-0.15, -0.1) is 22.7 Å². The van der Waals surface area contributed by atoms with Gasteiger partial charge in [0.05, 0.1) is 0 Å². The van der Waals surface area contributed by atoms with Gasteiger partial charge in [0.1, 0.15) is 0 Å². The smallest absolute Gasteiger partial charge is 0.315 e. The molecule has 0 spiro atoms. The van der Waals surface area contributed by atoms with Crippen molar-refractivity contribution in [1.29, 1.82) is 0 Å². The van der Waals surface area contributed by atoms with Crippen molar-refractivity contribution in [2.24, 2.45) is 0 Å². The van der Waals surface area contributed by atoms with Gasteiger partial charge in [0, 0.05) is 28.6 Å². The lowest BCUT2D eigenvalue weighted by Gasteiger charge is -2.13. The Bertz CT molecular complexity index is 764. The van der Waals surface area contributed by atoms with Crippen molar-refractivity contribution in [3.05, 3.63) is 57.6 Å². The zero-order valence-electron chi connectivity index (χ0n) is 13.0. The molecule has 2 N–H and O–H groups in total. The maximum absolute atomic E-state index is 12.0. The SMILES string of the molecule is CC(Cc1cccs1)NC(=O)NCCc1csc2ccccc12. The minimum atomic E-state index is -0.0893. The highest BCUT2D eigenvalue weighted by Gasteiger charge is 2.09. The molecule has 23 heavy (non-hydrogen) atoms. The summed E-state index contributed by atoms with van der Waals surface area (Å²) >= 11 is 3.48. The van der Waals surface area contributed by atoms with Crippen molar-refractivity contribution in [2.75, 3.05) is 6.54 Å².